The number of benzene rings is 1. The maximum absolute atomic E-state index is 11.6. The second-order valence-electron chi connectivity index (χ2n) is 3.52. The van der Waals surface area contributed by atoms with Crippen LogP contribution >= 0.6 is 22.6 Å². The van der Waals surface area contributed by atoms with Gasteiger partial charge in [-0.25, -0.2) is 4.98 Å². The molecule has 0 spiro atoms. The van der Waals surface area contributed by atoms with E-state index in [4.69, 9.17) is 0 Å². The van der Waals surface area contributed by atoms with Crippen molar-refractivity contribution < 1.29 is 10.2 Å². The molecular formula is C11H9IN2O3. The van der Waals surface area contributed by atoms with Crippen molar-refractivity contribution in [1.82, 2.24) is 9.97 Å². The van der Waals surface area contributed by atoms with Crippen LogP contribution in [0.25, 0.3) is 11.4 Å². The highest BCUT2D eigenvalue weighted by molar-refractivity contribution is 14.1. The molecule has 2 rings (SSSR count). The molecule has 1 aromatic carbocycles. The Hall–Kier alpha value is -1.57. The summed E-state index contributed by atoms with van der Waals surface area (Å²) in [6.07, 6.45) is 0. The molecule has 1 heterocycles. The average molecular weight is 344 g/mol. The van der Waals surface area contributed by atoms with Crippen molar-refractivity contribution in [2.24, 2.45) is 0 Å². The molecule has 2 aromatic rings. The van der Waals surface area contributed by atoms with Crippen molar-refractivity contribution in [3.8, 4) is 22.9 Å². The Kier molecular flexibility index (Phi) is 3.05. The van der Waals surface area contributed by atoms with E-state index in [0.717, 1.165) is 0 Å². The summed E-state index contributed by atoms with van der Waals surface area (Å²) in [6.45, 7) is 1.74. The molecule has 0 aliphatic rings. The van der Waals surface area contributed by atoms with E-state index in [1.54, 1.807) is 13.0 Å². The molecule has 0 radical (unpaired) electrons. The highest BCUT2D eigenvalue weighted by Gasteiger charge is 2.08. The van der Waals surface area contributed by atoms with Gasteiger partial charge in [-0.1, -0.05) is 0 Å². The van der Waals surface area contributed by atoms with Gasteiger partial charge in [-0.15, -0.1) is 0 Å². The molecule has 6 heteroatoms. The number of H-pyrrole nitrogens is 1. The van der Waals surface area contributed by atoms with Crippen LogP contribution in [-0.2, 0) is 0 Å². The van der Waals surface area contributed by atoms with Gasteiger partial charge in [-0.3, -0.25) is 4.79 Å². The monoisotopic (exact) mass is 344 g/mol. The number of phenolic OH excluding ortho intramolecular Hbond substituents is 2. The van der Waals surface area contributed by atoms with E-state index in [1.165, 1.54) is 12.1 Å². The number of halogens is 1. The van der Waals surface area contributed by atoms with Crippen LogP contribution in [0.15, 0.2) is 23.0 Å². The van der Waals surface area contributed by atoms with Crippen LogP contribution in [0.4, 0.5) is 0 Å². The third-order valence-corrected chi connectivity index (χ3v) is 3.55. The molecule has 0 aliphatic heterocycles. The Morgan fingerprint density at radius 2 is 2.00 bits per heavy atom. The number of hydrogen-bond donors (Lipinski definition) is 3. The van der Waals surface area contributed by atoms with Crippen LogP contribution < -0.4 is 5.56 Å². The number of rotatable bonds is 1. The lowest BCUT2D eigenvalue weighted by Crippen LogP contribution is -2.14. The van der Waals surface area contributed by atoms with E-state index in [0.29, 0.717) is 20.7 Å². The average Bonchev–Trinajstić information content (AvgIpc) is 2.29. The van der Waals surface area contributed by atoms with Crippen LogP contribution in [0.3, 0.4) is 0 Å². The minimum absolute atomic E-state index is 0.210. The minimum Gasteiger partial charge on any atom is -0.504 e. The Morgan fingerprint density at radius 3 is 2.59 bits per heavy atom. The number of nitrogens with zero attached hydrogens (tertiary/aromatic N) is 1. The summed E-state index contributed by atoms with van der Waals surface area (Å²) in [5, 5.41) is 18.6. The molecule has 0 unspecified atom stereocenters. The van der Waals surface area contributed by atoms with Crippen LogP contribution in [0.1, 0.15) is 5.69 Å². The van der Waals surface area contributed by atoms with Gasteiger partial charge in [0.15, 0.2) is 11.5 Å². The summed E-state index contributed by atoms with van der Waals surface area (Å²) in [4.78, 5) is 18.4. The Balaban J connectivity index is 2.61. The molecule has 0 saturated heterocycles. The van der Waals surface area contributed by atoms with Crippen LogP contribution in [0.2, 0.25) is 0 Å². The number of phenols is 2. The first-order valence-corrected chi connectivity index (χ1v) is 5.85. The number of nitrogens with one attached hydrogen (secondary N) is 1. The predicted molar refractivity (Wildman–Crippen MR) is 71.1 cm³/mol. The van der Waals surface area contributed by atoms with Crippen LogP contribution in [0.5, 0.6) is 11.5 Å². The van der Waals surface area contributed by atoms with Crippen molar-refractivity contribution in [2.75, 3.05) is 0 Å². The maximum atomic E-state index is 11.6. The molecule has 0 aliphatic carbocycles. The van der Waals surface area contributed by atoms with Crippen molar-refractivity contribution in [1.29, 1.82) is 0 Å². The molecule has 0 saturated carbocycles. The Bertz CT molecular complexity index is 637. The highest BCUT2D eigenvalue weighted by atomic mass is 127. The van der Waals surface area contributed by atoms with Crippen molar-refractivity contribution in [3.63, 3.8) is 0 Å². The molecule has 0 amide bonds. The van der Waals surface area contributed by atoms with Crippen LogP contribution in [0, 0.1) is 10.5 Å². The van der Waals surface area contributed by atoms with Gasteiger partial charge in [0.1, 0.15) is 5.82 Å². The van der Waals surface area contributed by atoms with Gasteiger partial charge >= 0.3 is 0 Å². The number of aromatic hydroxyl groups is 2. The Morgan fingerprint density at radius 1 is 1.29 bits per heavy atom. The standard InChI is InChI=1S/C11H9IN2O3/c1-5-9(12)11(17)14-10(13-5)6-2-3-7(15)8(16)4-6/h2-4,15-16H,1H3,(H,13,14,17). The number of aromatic amines is 1. The first-order chi connectivity index (χ1) is 7.99. The number of hydrogen-bond acceptors (Lipinski definition) is 4. The molecular weight excluding hydrogens is 335 g/mol. The van der Waals surface area contributed by atoms with Gasteiger partial charge in [-0.2, -0.15) is 0 Å². The quantitative estimate of drug-likeness (QED) is 0.544. The molecule has 5 nitrogen and oxygen atoms in total. The summed E-state index contributed by atoms with van der Waals surface area (Å²) >= 11 is 1.92. The lowest BCUT2D eigenvalue weighted by atomic mass is 10.2. The lowest BCUT2D eigenvalue weighted by Gasteiger charge is -2.05. The summed E-state index contributed by atoms with van der Waals surface area (Å²) < 4.78 is 0.536. The molecule has 0 bridgehead atoms. The summed E-state index contributed by atoms with van der Waals surface area (Å²) in [6, 6.07) is 4.26. The molecule has 1 aromatic heterocycles. The second kappa shape index (κ2) is 4.36. The fourth-order valence-corrected chi connectivity index (χ4v) is 1.63. The summed E-state index contributed by atoms with van der Waals surface area (Å²) in [7, 11) is 0. The number of aromatic nitrogens is 2. The first-order valence-electron chi connectivity index (χ1n) is 4.78. The van der Waals surface area contributed by atoms with Gasteiger partial charge < -0.3 is 15.2 Å². The lowest BCUT2D eigenvalue weighted by molar-refractivity contribution is 0.404. The van der Waals surface area contributed by atoms with Gasteiger partial charge in [0.25, 0.3) is 5.56 Å². The number of aryl methyl sites for hydroxylation is 1. The van der Waals surface area contributed by atoms with Gasteiger partial charge in [-0.05, 0) is 47.7 Å². The fraction of sp³-hybridized carbons (Fsp3) is 0.0909. The van der Waals surface area contributed by atoms with Crippen molar-refractivity contribution in [2.45, 2.75) is 6.92 Å². The second-order valence-corrected chi connectivity index (χ2v) is 4.60. The van der Waals surface area contributed by atoms with Crippen LogP contribution in [-0.4, -0.2) is 20.2 Å². The Labute approximate surface area is 110 Å². The molecule has 17 heavy (non-hydrogen) atoms. The molecule has 88 valence electrons. The maximum Gasteiger partial charge on any atom is 0.264 e. The zero-order chi connectivity index (χ0) is 12.6. The van der Waals surface area contributed by atoms with E-state index in [1.807, 2.05) is 22.6 Å². The van der Waals surface area contributed by atoms with E-state index in [9.17, 15) is 15.0 Å². The first kappa shape index (κ1) is 11.9. The highest BCUT2D eigenvalue weighted by Crippen LogP contribution is 2.28. The normalized spacial score (nSPS) is 10.5. The van der Waals surface area contributed by atoms with Crippen molar-refractivity contribution in [3.05, 3.63) is 37.8 Å². The smallest absolute Gasteiger partial charge is 0.264 e. The van der Waals surface area contributed by atoms with Gasteiger partial charge in [0.2, 0.25) is 0 Å². The minimum atomic E-state index is -0.249. The van der Waals surface area contributed by atoms with Crippen molar-refractivity contribution >= 4 is 22.6 Å². The van der Waals surface area contributed by atoms with E-state index >= 15 is 0 Å². The summed E-state index contributed by atoms with van der Waals surface area (Å²) in [5.74, 6) is -0.0945. The van der Waals surface area contributed by atoms with Gasteiger partial charge in [0, 0.05) is 5.56 Å². The van der Waals surface area contributed by atoms with E-state index < -0.39 is 0 Å². The third kappa shape index (κ3) is 2.26. The van der Waals surface area contributed by atoms with E-state index in [-0.39, 0.29) is 17.1 Å². The SMILES string of the molecule is Cc1nc(-c2ccc(O)c(O)c2)[nH]c(=O)c1I. The predicted octanol–water partition coefficient (Wildman–Crippen LogP) is 1.76. The largest absolute Gasteiger partial charge is 0.504 e. The summed E-state index contributed by atoms with van der Waals surface area (Å²) in [5.41, 5.74) is 0.939. The fourth-order valence-electron chi connectivity index (χ4n) is 1.38. The zero-order valence-corrected chi connectivity index (χ0v) is 11.0. The molecule has 0 fully saturated rings. The topological polar surface area (TPSA) is 86.2 Å². The zero-order valence-electron chi connectivity index (χ0n) is 8.86. The molecule has 0 atom stereocenters. The van der Waals surface area contributed by atoms with E-state index in [2.05, 4.69) is 9.97 Å². The van der Waals surface area contributed by atoms with Gasteiger partial charge in [0.05, 0.1) is 9.26 Å². The third-order valence-electron chi connectivity index (χ3n) is 2.28. The molecule has 3 N–H and O–H groups in total.